The van der Waals surface area contributed by atoms with Gasteiger partial charge in [0.15, 0.2) is 0 Å². The average Bonchev–Trinajstić information content (AvgIpc) is 2.81. The van der Waals surface area contributed by atoms with E-state index in [9.17, 15) is 0 Å². The zero-order valence-electron chi connectivity index (χ0n) is 9.56. The predicted octanol–water partition coefficient (Wildman–Crippen LogP) is 1.72. The van der Waals surface area contributed by atoms with Gasteiger partial charge in [-0.3, -0.25) is 0 Å². The normalized spacial score (nSPS) is 21.9. The molecule has 2 nitrogen and oxygen atoms in total. The predicted molar refractivity (Wildman–Crippen MR) is 58.0 cm³/mol. The monoisotopic (exact) mass is 184 g/mol. The molecule has 1 unspecified atom stereocenters. The molecule has 0 aromatic heterocycles. The highest BCUT2D eigenvalue weighted by atomic mass is 15.1. The Morgan fingerprint density at radius 1 is 1.38 bits per heavy atom. The van der Waals surface area contributed by atoms with Crippen molar-refractivity contribution in [3.8, 4) is 0 Å². The van der Waals surface area contributed by atoms with Crippen LogP contribution in [0.25, 0.3) is 0 Å². The topological polar surface area (TPSA) is 15.3 Å². The molecule has 0 spiro atoms. The quantitative estimate of drug-likeness (QED) is 0.676. The summed E-state index contributed by atoms with van der Waals surface area (Å²) in [7, 11) is 6.50. The van der Waals surface area contributed by atoms with Gasteiger partial charge in [-0.2, -0.15) is 0 Å². The van der Waals surface area contributed by atoms with Crippen molar-refractivity contribution in [3.63, 3.8) is 0 Å². The molecular weight excluding hydrogens is 160 g/mol. The number of rotatable bonds is 6. The fourth-order valence-electron chi connectivity index (χ4n) is 2.53. The van der Waals surface area contributed by atoms with Crippen LogP contribution < -0.4 is 5.32 Å². The largest absolute Gasteiger partial charge is 0.319 e. The van der Waals surface area contributed by atoms with Crippen LogP contribution in [0.2, 0.25) is 0 Å². The second-order valence-electron chi connectivity index (χ2n) is 4.66. The first-order valence-corrected chi connectivity index (χ1v) is 5.47. The van der Waals surface area contributed by atoms with E-state index in [1.54, 1.807) is 0 Å². The van der Waals surface area contributed by atoms with Crippen LogP contribution in [0.1, 0.15) is 32.6 Å². The molecule has 0 amide bonds. The molecule has 78 valence electrons. The Morgan fingerprint density at radius 2 is 2.00 bits per heavy atom. The van der Waals surface area contributed by atoms with Gasteiger partial charge in [0.25, 0.3) is 0 Å². The van der Waals surface area contributed by atoms with Crippen molar-refractivity contribution in [2.45, 2.75) is 38.6 Å². The Labute approximate surface area is 82.7 Å². The van der Waals surface area contributed by atoms with Crippen LogP contribution in [-0.4, -0.2) is 38.6 Å². The van der Waals surface area contributed by atoms with Crippen molar-refractivity contribution < 1.29 is 0 Å². The van der Waals surface area contributed by atoms with E-state index in [0.29, 0.717) is 5.41 Å². The smallest absolute Gasteiger partial charge is 0.0158 e. The Bertz CT molecular complexity index is 150. The van der Waals surface area contributed by atoms with Crippen molar-refractivity contribution in [1.82, 2.24) is 10.2 Å². The number of hydrogen-bond acceptors (Lipinski definition) is 2. The number of nitrogens with one attached hydrogen (secondary N) is 1. The maximum Gasteiger partial charge on any atom is 0.0158 e. The lowest BCUT2D eigenvalue weighted by Crippen LogP contribution is -2.41. The summed E-state index contributed by atoms with van der Waals surface area (Å²) in [6, 6.07) is 0.782. The molecule has 1 aliphatic carbocycles. The van der Waals surface area contributed by atoms with E-state index in [1.807, 2.05) is 0 Å². The van der Waals surface area contributed by atoms with E-state index in [4.69, 9.17) is 0 Å². The van der Waals surface area contributed by atoms with Gasteiger partial charge in [-0.05, 0) is 45.8 Å². The maximum atomic E-state index is 3.34. The Balaban J connectivity index is 2.52. The van der Waals surface area contributed by atoms with Gasteiger partial charge in [0.05, 0.1) is 0 Å². The van der Waals surface area contributed by atoms with Gasteiger partial charge >= 0.3 is 0 Å². The van der Waals surface area contributed by atoms with Crippen molar-refractivity contribution in [2.24, 2.45) is 5.41 Å². The Kier molecular flexibility index (Phi) is 3.74. The molecule has 2 heteroatoms. The molecular formula is C11H24N2. The molecule has 0 aromatic rings. The molecule has 0 saturated heterocycles. The number of hydrogen-bond donors (Lipinski definition) is 1. The average molecular weight is 184 g/mol. The second-order valence-corrected chi connectivity index (χ2v) is 4.66. The van der Waals surface area contributed by atoms with Crippen LogP contribution in [0.15, 0.2) is 0 Å². The molecule has 0 aliphatic heterocycles. The second kappa shape index (κ2) is 4.43. The molecule has 13 heavy (non-hydrogen) atoms. The molecule has 1 aliphatic rings. The van der Waals surface area contributed by atoms with E-state index < -0.39 is 0 Å². The van der Waals surface area contributed by atoms with Crippen molar-refractivity contribution in [3.05, 3.63) is 0 Å². The summed E-state index contributed by atoms with van der Waals surface area (Å²) in [4.78, 5) is 2.41. The van der Waals surface area contributed by atoms with Crippen LogP contribution in [0.5, 0.6) is 0 Å². The molecule has 0 aromatic carbocycles. The highest BCUT2D eigenvalue weighted by molar-refractivity contribution is 5.03. The lowest BCUT2D eigenvalue weighted by Gasteiger charge is -2.32. The van der Waals surface area contributed by atoms with Crippen LogP contribution in [0.3, 0.4) is 0 Å². The fourth-order valence-corrected chi connectivity index (χ4v) is 2.53. The van der Waals surface area contributed by atoms with E-state index >= 15 is 0 Å². The number of nitrogens with zero attached hydrogens (tertiary/aromatic N) is 1. The van der Waals surface area contributed by atoms with Gasteiger partial charge in [0, 0.05) is 12.6 Å². The minimum Gasteiger partial charge on any atom is -0.319 e. The lowest BCUT2D eigenvalue weighted by atomic mass is 9.91. The third-order valence-corrected chi connectivity index (χ3v) is 3.31. The summed E-state index contributed by atoms with van der Waals surface area (Å²) in [6.07, 6.45) is 5.47. The highest BCUT2D eigenvalue weighted by Crippen LogP contribution is 2.50. The van der Waals surface area contributed by atoms with Crippen LogP contribution in [-0.2, 0) is 0 Å². The van der Waals surface area contributed by atoms with Gasteiger partial charge < -0.3 is 10.2 Å². The summed E-state index contributed by atoms with van der Waals surface area (Å²) in [5, 5.41) is 3.34. The zero-order valence-corrected chi connectivity index (χ0v) is 9.56. The molecule has 0 heterocycles. The summed E-state index contributed by atoms with van der Waals surface area (Å²) in [5.41, 5.74) is 0.605. The van der Waals surface area contributed by atoms with Gasteiger partial charge in [0.1, 0.15) is 0 Å². The van der Waals surface area contributed by atoms with Crippen molar-refractivity contribution in [1.29, 1.82) is 0 Å². The van der Waals surface area contributed by atoms with Gasteiger partial charge in [-0.1, -0.05) is 13.3 Å². The zero-order chi connectivity index (χ0) is 9.90. The molecule has 0 radical (unpaired) electrons. The molecule has 1 fully saturated rings. The summed E-state index contributed by atoms with van der Waals surface area (Å²) in [5.74, 6) is 0. The van der Waals surface area contributed by atoms with E-state index in [0.717, 1.165) is 6.04 Å². The summed E-state index contributed by atoms with van der Waals surface area (Å²) < 4.78 is 0. The fraction of sp³-hybridized carbons (Fsp3) is 1.00. The SMILES string of the molecule is CCCC(N(C)C)C1(CNC)CC1. The van der Waals surface area contributed by atoms with Crippen LogP contribution >= 0.6 is 0 Å². The maximum absolute atomic E-state index is 3.34. The molecule has 1 atom stereocenters. The molecule has 1 saturated carbocycles. The Hall–Kier alpha value is -0.0800. The minimum atomic E-state index is 0.605. The van der Waals surface area contributed by atoms with Crippen molar-refractivity contribution in [2.75, 3.05) is 27.7 Å². The third-order valence-electron chi connectivity index (χ3n) is 3.31. The van der Waals surface area contributed by atoms with Crippen LogP contribution in [0, 0.1) is 5.41 Å². The van der Waals surface area contributed by atoms with Gasteiger partial charge in [0.2, 0.25) is 0 Å². The van der Waals surface area contributed by atoms with E-state index in [2.05, 4.69) is 38.3 Å². The van der Waals surface area contributed by atoms with Crippen molar-refractivity contribution >= 4 is 0 Å². The van der Waals surface area contributed by atoms with Gasteiger partial charge in [-0.15, -0.1) is 0 Å². The Morgan fingerprint density at radius 3 is 2.31 bits per heavy atom. The standard InChI is InChI=1S/C11H24N2/c1-5-6-10(13(3)4)11(7-8-11)9-12-2/h10,12H,5-9H2,1-4H3. The molecule has 1 rings (SSSR count). The molecule has 1 N–H and O–H groups in total. The van der Waals surface area contributed by atoms with Crippen LogP contribution in [0.4, 0.5) is 0 Å². The summed E-state index contributed by atoms with van der Waals surface area (Å²) >= 11 is 0. The third kappa shape index (κ3) is 2.44. The highest BCUT2D eigenvalue weighted by Gasteiger charge is 2.48. The minimum absolute atomic E-state index is 0.605. The van der Waals surface area contributed by atoms with E-state index in [-0.39, 0.29) is 0 Å². The summed E-state index contributed by atoms with van der Waals surface area (Å²) in [6.45, 7) is 3.47. The molecule has 0 bridgehead atoms. The van der Waals surface area contributed by atoms with Gasteiger partial charge in [-0.25, -0.2) is 0 Å². The first-order chi connectivity index (χ1) is 6.16. The first kappa shape index (κ1) is 11.0. The van der Waals surface area contributed by atoms with E-state index in [1.165, 1.54) is 32.2 Å². The lowest BCUT2D eigenvalue weighted by molar-refractivity contribution is 0.177. The first-order valence-electron chi connectivity index (χ1n) is 5.47.